The van der Waals surface area contributed by atoms with Gasteiger partial charge in [0.1, 0.15) is 11.4 Å². The minimum Gasteiger partial charge on any atom is -0.423 e. The Labute approximate surface area is 144 Å². The number of ketones is 1. The van der Waals surface area contributed by atoms with Gasteiger partial charge in [-0.1, -0.05) is 55.5 Å². The molecule has 0 radical (unpaired) electrons. The van der Waals surface area contributed by atoms with Gasteiger partial charge in [0.05, 0.1) is 0 Å². The van der Waals surface area contributed by atoms with Crippen molar-refractivity contribution in [3.63, 3.8) is 0 Å². The van der Waals surface area contributed by atoms with E-state index in [-0.39, 0.29) is 16.7 Å². The second-order valence-corrected chi connectivity index (χ2v) is 6.78. The molecule has 0 fully saturated rings. The average molecular weight is 338 g/mol. The van der Waals surface area contributed by atoms with Gasteiger partial charge < -0.3 is 4.42 Å². The quantitative estimate of drug-likeness (QED) is 0.469. The zero-order valence-corrected chi connectivity index (χ0v) is 14.2. The van der Waals surface area contributed by atoms with E-state index in [1.807, 2.05) is 55.5 Å². The predicted molar refractivity (Wildman–Crippen MR) is 97.4 cm³/mol. The Hall–Kier alpha value is -2.33. The Morgan fingerprint density at radius 2 is 1.79 bits per heavy atom. The van der Waals surface area contributed by atoms with Crippen molar-refractivity contribution < 1.29 is 9.21 Å². The first-order valence-corrected chi connectivity index (χ1v) is 8.81. The molecule has 0 bridgehead atoms. The first kappa shape index (κ1) is 16.5. The molecule has 4 heteroatoms. The first-order chi connectivity index (χ1) is 11.7. The van der Waals surface area contributed by atoms with Crippen LogP contribution in [0, 0.1) is 0 Å². The van der Waals surface area contributed by atoms with Crippen molar-refractivity contribution in [2.24, 2.45) is 0 Å². The molecule has 0 saturated carbocycles. The Bertz CT molecular complexity index is 899. The number of benzene rings is 2. The lowest BCUT2D eigenvalue weighted by atomic mass is 10.1. The maximum Gasteiger partial charge on any atom is 0.337 e. The fourth-order valence-corrected chi connectivity index (χ4v) is 3.91. The molecule has 3 rings (SSSR count). The van der Waals surface area contributed by atoms with Crippen LogP contribution in [0.2, 0.25) is 0 Å². The number of Topliss-reactive ketones (excluding diaryl/α,β-unsaturated/α-hetero) is 1. The molecule has 2 aromatic carbocycles. The van der Waals surface area contributed by atoms with Crippen molar-refractivity contribution in [2.75, 3.05) is 0 Å². The van der Waals surface area contributed by atoms with Gasteiger partial charge in [-0.05, 0) is 11.6 Å². The molecule has 0 aliphatic heterocycles. The van der Waals surface area contributed by atoms with E-state index in [1.54, 1.807) is 17.8 Å². The SMILES string of the molecule is CCC(=O)C[C@H](Sc1cc(=O)oc2ccccc12)c1ccccc1. The van der Waals surface area contributed by atoms with E-state index < -0.39 is 0 Å². The highest BCUT2D eigenvalue weighted by molar-refractivity contribution is 7.99. The van der Waals surface area contributed by atoms with Crippen LogP contribution >= 0.6 is 11.8 Å². The second kappa shape index (κ2) is 7.49. The molecule has 0 saturated heterocycles. The van der Waals surface area contributed by atoms with Crippen LogP contribution in [0.25, 0.3) is 11.0 Å². The van der Waals surface area contributed by atoms with Crippen molar-refractivity contribution in [3.8, 4) is 0 Å². The van der Waals surface area contributed by atoms with Crippen molar-refractivity contribution in [3.05, 3.63) is 76.6 Å². The third-order valence-electron chi connectivity index (χ3n) is 3.86. The molecule has 1 heterocycles. The van der Waals surface area contributed by atoms with Gasteiger partial charge in [0.2, 0.25) is 0 Å². The Morgan fingerprint density at radius 1 is 1.08 bits per heavy atom. The van der Waals surface area contributed by atoms with E-state index in [9.17, 15) is 9.59 Å². The Kier molecular flexibility index (Phi) is 5.16. The molecule has 0 spiro atoms. The summed E-state index contributed by atoms with van der Waals surface area (Å²) in [7, 11) is 0. The van der Waals surface area contributed by atoms with Crippen LogP contribution in [-0.2, 0) is 4.79 Å². The van der Waals surface area contributed by atoms with Gasteiger partial charge in [-0.2, -0.15) is 0 Å². The number of fused-ring (bicyclic) bond motifs is 1. The molecule has 1 aromatic heterocycles. The molecule has 0 unspecified atom stereocenters. The van der Waals surface area contributed by atoms with Gasteiger partial charge in [0.25, 0.3) is 0 Å². The number of hydrogen-bond acceptors (Lipinski definition) is 4. The highest BCUT2D eigenvalue weighted by Crippen LogP contribution is 2.40. The van der Waals surface area contributed by atoms with E-state index in [1.165, 1.54) is 6.07 Å². The second-order valence-electron chi connectivity index (χ2n) is 5.54. The molecule has 0 N–H and O–H groups in total. The molecule has 3 aromatic rings. The lowest BCUT2D eigenvalue weighted by Gasteiger charge is -2.17. The van der Waals surface area contributed by atoms with Crippen LogP contribution in [0.3, 0.4) is 0 Å². The lowest BCUT2D eigenvalue weighted by Crippen LogP contribution is -2.05. The number of rotatable bonds is 6. The first-order valence-electron chi connectivity index (χ1n) is 7.93. The maximum absolute atomic E-state index is 12.0. The summed E-state index contributed by atoms with van der Waals surface area (Å²) < 4.78 is 5.26. The highest BCUT2D eigenvalue weighted by atomic mass is 32.2. The molecular weight excluding hydrogens is 320 g/mol. The average Bonchev–Trinajstić information content (AvgIpc) is 2.61. The summed E-state index contributed by atoms with van der Waals surface area (Å²) in [5, 5.41) is 0.871. The zero-order valence-electron chi connectivity index (χ0n) is 13.4. The monoisotopic (exact) mass is 338 g/mol. The van der Waals surface area contributed by atoms with E-state index >= 15 is 0 Å². The van der Waals surface area contributed by atoms with E-state index in [2.05, 4.69) is 0 Å². The van der Waals surface area contributed by atoms with Crippen molar-refractivity contribution in [2.45, 2.75) is 29.9 Å². The fourth-order valence-electron chi connectivity index (χ4n) is 2.58. The molecule has 24 heavy (non-hydrogen) atoms. The summed E-state index contributed by atoms with van der Waals surface area (Å²) in [6, 6.07) is 18.9. The van der Waals surface area contributed by atoms with Crippen LogP contribution in [0.5, 0.6) is 0 Å². The third kappa shape index (κ3) is 3.77. The van der Waals surface area contributed by atoms with Crippen molar-refractivity contribution in [1.82, 2.24) is 0 Å². The minimum absolute atomic E-state index is 0.0242. The fraction of sp³-hybridized carbons (Fsp3) is 0.200. The summed E-state index contributed by atoms with van der Waals surface area (Å²) in [6.45, 7) is 1.88. The Morgan fingerprint density at radius 3 is 2.54 bits per heavy atom. The standard InChI is InChI=1S/C20H18O3S/c1-2-15(21)12-18(14-8-4-3-5-9-14)24-19-13-20(22)23-17-11-7-6-10-16(17)19/h3-11,13,18H,2,12H2,1H3/t18-/m0/s1. The van der Waals surface area contributed by atoms with Gasteiger partial charge in [0, 0.05) is 34.4 Å². The molecular formula is C20H18O3S. The largest absolute Gasteiger partial charge is 0.423 e. The van der Waals surface area contributed by atoms with Crippen LogP contribution in [0.15, 0.2) is 74.8 Å². The number of thioether (sulfide) groups is 1. The highest BCUT2D eigenvalue weighted by Gasteiger charge is 2.18. The van der Waals surface area contributed by atoms with Crippen molar-refractivity contribution >= 4 is 28.5 Å². The van der Waals surface area contributed by atoms with Crippen LogP contribution in [0.1, 0.15) is 30.6 Å². The molecule has 1 atom stereocenters. The number of para-hydroxylation sites is 1. The van der Waals surface area contributed by atoms with E-state index in [4.69, 9.17) is 4.42 Å². The molecule has 0 amide bonds. The van der Waals surface area contributed by atoms with E-state index in [0.29, 0.717) is 18.4 Å². The van der Waals surface area contributed by atoms with Gasteiger partial charge in [0.15, 0.2) is 0 Å². The Balaban J connectivity index is 2.01. The summed E-state index contributed by atoms with van der Waals surface area (Å²) in [5.74, 6) is 0.212. The number of hydrogen-bond donors (Lipinski definition) is 0. The maximum atomic E-state index is 12.0. The lowest BCUT2D eigenvalue weighted by molar-refractivity contribution is -0.118. The van der Waals surface area contributed by atoms with E-state index in [0.717, 1.165) is 15.8 Å². The normalized spacial score (nSPS) is 12.2. The summed E-state index contributed by atoms with van der Waals surface area (Å²) in [4.78, 5) is 24.7. The third-order valence-corrected chi connectivity index (χ3v) is 5.18. The van der Waals surface area contributed by atoms with Gasteiger partial charge in [-0.25, -0.2) is 4.79 Å². The smallest absolute Gasteiger partial charge is 0.337 e. The van der Waals surface area contributed by atoms with Gasteiger partial charge in [-0.3, -0.25) is 4.79 Å². The number of carbonyl (C=O) groups is 1. The molecule has 0 aliphatic rings. The molecule has 3 nitrogen and oxygen atoms in total. The minimum atomic E-state index is -0.371. The summed E-state index contributed by atoms with van der Waals surface area (Å²) in [5.41, 5.74) is 1.28. The predicted octanol–water partition coefficient (Wildman–Crippen LogP) is 5.00. The van der Waals surface area contributed by atoms with Crippen LogP contribution in [-0.4, -0.2) is 5.78 Å². The summed E-state index contributed by atoms with van der Waals surface area (Å²) in [6.07, 6.45) is 0.960. The van der Waals surface area contributed by atoms with Gasteiger partial charge >= 0.3 is 5.63 Å². The summed E-state index contributed by atoms with van der Waals surface area (Å²) >= 11 is 1.55. The molecule has 122 valence electrons. The van der Waals surface area contributed by atoms with Crippen LogP contribution < -0.4 is 5.63 Å². The molecule has 0 aliphatic carbocycles. The zero-order chi connectivity index (χ0) is 16.9. The van der Waals surface area contributed by atoms with Crippen molar-refractivity contribution in [1.29, 1.82) is 0 Å². The topological polar surface area (TPSA) is 47.3 Å². The van der Waals surface area contributed by atoms with Gasteiger partial charge in [-0.15, -0.1) is 11.8 Å². The van der Waals surface area contributed by atoms with Crippen LogP contribution in [0.4, 0.5) is 0 Å². The number of carbonyl (C=O) groups excluding carboxylic acids is 1.